The summed E-state index contributed by atoms with van der Waals surface area (Å²) in [6.07, 6.45) is 3.59. The molecule has 25 heavy (non-hydrogen) atoms. The van der Waals surface area contributed by atoms with Crippen LogP contribution in [0.5, 0.6) is 5.75 Å². The third-order valence-corrected chi connectivity index (χ3v) is 4.88. The van der Waals surface area contributed by atoms with Crippen molar-refractivity contribution in [1.29, 1.82) is 0 Å². The molecule has 1 aromatic rings. The number of carbonyl (C=O) groups excluding carboxylic acids is 2. The highest BCUT2D eigenvalue weighted by Crippen LogP contribution is 2.28. The molecule has 6 nitrogen and oxygen atoms in total. The summed E-state index contributed by atoms with van der Waals surface area (Å²) in [7, 11) is 1.32. The fraction of sp³-hybridized carbons (Fsp3) is 0.579. The van der Waals surface area contributed by atoms with Gasteiger partial charge in [-0.1, -0.05) is 13.3 Å². The average Bonchev–Trinajstić information content (AvgIpc) is 2.55. The lowest BCUT2D eigenvalue weighted by atomic mass is 9.86. The van der Waals surface area contributed by atoms with Gasteiger partial charge in [-0.05, 0) is 37.0 Å². The Bertz CT molecular complexity index is 649. The zero-order chi connectivity index (χ0) is 17.9. The molecule has 1 saturated carbocycles. The summed E-state index contributed by atoms with van der Waals surface area (Å²) < 4.78 is 15.8. The molecule has 0 atom stereocenters. The zero-order valence-electron chi connectivity index (χ0n) is 14.8. The lowest BCUT2D eigenvalue weighted by Crippen LogP contribution is -2.48. The lowest BCUT2D eigenvalue weighted by molar-refractivity contribution is -0.0978. The summed E-state index contributed by atoms with van der Waals surface area (Å²) in [5.74, 6) is 0.380. The van der Waals surface area contributed by atoms with Crippen molar-refractivity contribution in [3.63, 3.8) is 0 Å². The lowest BCUT2D eigenvalue weighted by Gasteiger charge is -2.38. The van der Waals surface area contributed by atoms with Crippen molar-refractivity contribution in [2.45, 2.75) is 26.2 Å². The Hall–Kier alpha value is -2.08. The van der Waals surface area contributed by atoms with Crippen LogP contribution in [0.4, 0.5) is 0 Å². The van der Waals surface area contributed by atoms with E-state index in [9.17, 15) is 9.59 Å². The van der Waals surface area contributed by atoms with E-state index in [1.165, 1.54) is 32.4 Å². The van der Waals surface area contributed by atoms with E-state index in [4.69, 9.17) is 14.2 Å². The molecule has 1 amide bonds. The molecule has 0 radical (unpaired) electrons. The number of hydrogen-bond acceptors (Lipinski definition) is 5. The largest absolute Gasteiger partial charge is 0.493 e. The Morgan fingerprint density at radius 3 is 2.52 bits per heavy atom. The number of benzene rings is 1. The molecule has 1 aromatic carbocycles. The molecule has 2 fully saturated rings. The molecule has 0 spiro atoms. The molecule has 136 valence electrons. The summed E-state index contributed by atoms with van der Waals surface area (Å²) in [6.45, 7) is 4.50. The van der Waals surface area contributed by atoms with Gasteiger partial charge < -0.3 is 19.5 Å². The molecule has 1 N–H and O–H groups in total. The minimum absolute atomic E-state index is 0.0147. The molecule has 0 bridgehead atoms. The first-order valence-electron chi connectivity index (χ1n) is 8.71. The standard InChI is InChI=1S/C19H25NO5/c1-19(11-24-12-19)10-20-17(21)14-6-15(18(22)23-2)8-16(7-14)25-9-13-4-3-5-13/h6-8,13H,3-5,9-12H2,1-2H3,(H,20,21). The normalized spacial score (nSPS) is 18.6. The van der Waals surface area contributed by atoms with Gasteiger partial charge in [-0.3, -0.25) is 4.79 Å². The first kappa shape index (κ1) is 17.7. The van der Waals surface area contributed by atoms with E-state index >= 15 is 0 Å². The number of ether oxygens (including phenoxy) is 3. The van der Waals surface area contributed by atoms with Crippen molar-refractivity contribution >= 4 is 11.9 Å². The topological polar surface area (TPSA) is 73.9 Å². The van der Waals surface area contributed by atoms with Gasteiger partial charge in [-0.25, -0.2) is 4.79 Å². The van der Waals surface area contributed by atoms with Gasteiger partial charge in [0.1, 0.15) is 5.75 Å². The Balaban J connectivity index is 1.70. The van der Waals surface area contributed by atoms with Crippen molar-refractivity contribution in [3.05, 3.63) is 29.3 Å². The monoisotopic (exact) mass is 347 g/mol. The smallest absolute Gasteiger partial charge is 0.338 e. The van der Waals surface area contributed by atoms with E-state index < -0.39 is 5.97 Å². The van der Waals surface area contributed by atoms with Gasteiger partial charge in [0.2, 0.25) is 0 Å². The Kier molecular flexibility index (Phi) is 5.27. The van der Waals surface area contributed by atoms with Crippen LogP contribution in [0.15, 0.2) is 18.2 Å². The second-order valence-electron chi connectivity index (χ2n) is 7.33. The predicted octanol–water partition coefficient (Wildman–Crippen LogP) is 2.42. The Labute approximate surface area is 147 Å². The third-order valence-electron chi connectivity index (χ3n) is 4.88. The van der Waals surface area contributed by atoms with Crippen molar-refractivity contribution in [2.75, 3.05) is 33.5 Å². The Morgan fingerprint density at radius 1 is 1.24 bits per heavy atom. The van der Waals surface area contributed by atoms with Crippen LogP contribution < -0.4 is 10.1 Å². The summed E-state index contributed by atoms with van der Waals surface area (Å²) in [5, 5.41) is 2.91. The van der Waals surface area contributed by atoms with Crippen molar-refractivity contribution < 1.29 is 23.8 Å². The van der Waals surface area contributed by atoms with Gasteiger partial charge in [-0.2, -0.15) is 0 Å². The molecule has 1 aliphatic carbocycles. The maximum absolute atomic E-state index is 12.5. The first-order valence-corrected chi connectivity index (χ1v) is 8.71. The zero-order valence-corrected chi connectivity index (χ0v) is 14.8. The molecule has 2 aliphatic rings. The van der Waals surface area contributed by atoms with E-state index in [0.29, 0.717) is 49.2 Å². The predicted molar refractivity (Wildman–Crippen MR) is 91.9 cm³/mol. The van der Waals surface area contributed by atoms with Crippen LogP contribution in [0.2, 0.25) is 0 Å². The van der Waals surface area contributed by atoms with E-state index in [0.717, 1.165) is 0 Å². The van der Waals surface area contributed by atoms with Gasteiger partial charge >= 0.3 is 5.97 Å². The summed E-state index contributed by atoms with van der Waals surface area (Å²) in [5.41, 5.74) is 0.700. The average molecular weight is 347 g/mol. The van der Waals surface area contributed by atoms with Gasteiger partial charge in [0.15, 0.2) is 0 Å². The van der Waals surface area contributed by atoms with Crippen LogP contribution in [0.1, 0.15) is 46.9 Å². The molecular formula is C19H25NO5. The van der Waals surface area contributed by atoms with Crippen LogP contribution >= 0.6 is 0 Å². The van der Waals surface area contributed by atoms with E-state index in [-0.39, 0.29) is 11.3 Å². The van der Waals surface area contributed by atoms with Crippen LogP contribution in [0, 0.1) is 11.3 Å². The SMILES string of the molecule is COC(=O)c1cc(OCC2CCC2)cc(C(=O)NCC2(C)COC2)c1. The number of amides is 1. The van der Waals surface area contributed by atoms with Gasteiger partial charge in [-0.15, -0.1) is 0 Å². The van der Waals surface area contributed by atoms with Crippen LogP contribution in [-0.4, -0.2) is 45.4 Å². The second kappa shape index (κ2) is 7.44. The minimum Gasteiger partial charge on any atom is -0.493 e. The van der Waals surface area contributed by atoms with E-state index in [1.807, 2.05) is 0 Å². The highest BCUT2D eigenvalue weighted by Gasteiger charge is 2.33. The van der Waals surface area contributed by atoms with Crippen LogP contribution in [-0.2, 0) is 9.47 Å². The Morgan fingerprint density at radius 2 is 1.96 bits per heavy atom. The molecular weight excluding hydrogens is 322 g/mol. The summed E-state index contributed by atoms with van der Waals surface area (Å²) >= 11 is 0. The quantitative estimate of drug-likeness (QED) is 0.767. The third kappa shape index (κ3) is 4.31. The highest BCUT2D eigenvalue weighted by molar-refractivity contribution is 5.98. The van der Waals surface area contributed by atoms with Crippen molar-refractivity contribution in [3.8, 4) is 5.75 Å². The summed E-state index contributed by atoms with van der Waals surface area (Å²) in [4.78, 5) is 24.4. The number of nitrogens with one attached hydrogen (secondary N) is 1. The van der Waals surface area contributed by atoms with E-state index in [1.54, 1.807) is 12.1 Å². The van der Waals surface area contributed by atoms with Crippen molar-refractivity contribution in [2.24, 2.45) is 11.3 Å². The van der Waals surface area contributed by atoms with Crippen molar-refractivity contribution in [1.82, 2.24) is 5.32 Å². The van der Waals surface area contributed by atoms with Gasteiger partial charge in [0.25, 0.3) is 5.91 Å². The maximum atomic E-state index is 12.5. The number of methoxy groups -OCH3 is 1. The number of carbonyl (C=O) groups is 2. The van der Waals surface area contributed by atoms with Gasteiger partial charge in [0.05, 0.1) is 32.5 Å². The minimum atomic E-state index is -0.484. The second-order valence-corrected chi connectivity index (χ2v) is 7.33. The van der Waals surface area contributed by atoms with Gasteiger partial charge in [0, 0.05) is 17.5 Å². The number of esters is 1. The fourth-order valence-electron chi connectivity index (χ4n) is 2.87. The molecule has 0 unspecified atom stereocenters. The van der Waals surface area contributed by atoms with Crippen LogP contribution in [0.3, 0.4) is 0 Å². The molecule has 1 heterocycles. The molecule has 6 heteroatoms. The number of rotatable bonds is 7. The van der Waals surface area contributed by atoms with Crippen LogP contribution in [0.25, 0.3) is 0 Å². The molecule has 0 aromatic heterocycles. The fourth-order valence-corrected chi connectivity index (χ4v) is 2.87. The maximum Gasteiger partial charge on any atom is 0.338 e. The molecule has 1 saturated heterocycles. The molecule has 3 rings (SSSR count). The van der Waals surface area contributed by atoms with E-state index in [2.05, 4.69) is 12.2 Å². The highest BCUT2D eigenvalue weighted by atomic mass is 16.5. The molecule has 1 aliphatic heterocycles. The first-order chi connectivity index (χ1) is 12.0. The number of hydrogen-bond donors (Lipinski definition) is 1. The summed E-state index contributed by atoms with van der Waals surface area (Å²) in [6, 6.07) is 4.85.